The SMILES string of the molecule is Cn1c(=O)n(COCC[Si](C)(C)C)c2nc(Cl)ncc21. The second-order valence-electron chi connectivity index (χ2n) is 5.97. The minimum atomic E-state index is -1.13. The minimum Gasteiger partial charge on any atom is -0.361 e. The van der Waals surface area contributed by atoms with Crippen molar-refractivity contribution in [3.05, 3.63) is 22.0 Å². The molecule has 2 aromatic rings. The van der Waals surface area contributed by atoms with Gasteiger partial charge in [-0.05, 0) is 17.6 Å². The quantitative estimate of drug-likeness (QED) is 0.482. The zero-order valence-corrected chi connectivity index (χ0v) is 13.9. The average molecular weight is 315 g/mol. The Balaban J connectivity index is 2.20. The van der Waals surface area contributed by atoms with Crippen molar-refractivity contribution in [2.75, 3.05) is 6.61 Å². The van der Waals surface area contributed by atoms with Crippen LogP contribution in [-0.2, 0) is 18.5 Å². The molecule has 2 heterocycles. The molecule has 0 bridgehead atoms. The standard InChI is InChI=1S/C12H19ClN4O2Si/c1-16-9-7-14-11(13)15-10(9)17(12(16)18)8-19-5-6-20(2,3)4/h7H,5-6,8H2,1-4H3. The molecular formula is C12H19ClN4O2Si. The number of hydrogen-bond acceptors (Lipinski definition) is 4. The van der Waals surface area contributed by atoms with Crippen molar-refractivity contribution in [2.45, 2.75) is 32.4 Å². The first kappa shape index (κ1) is 15.2. The first-order valence-corrected chi connectivity index (χ1v) is 10.5. The molecule has 0 amide bonds. The second kappa shape index (κ2) is 5.67. The van der Waals surface area contributed by atoms with Crippen molar-refractivity contribution in [1.29, 1.82) is 0 Å². The van der Waals surface area contributed by atoms with E-state index in [2.05, 4.69) is 29.6 Å². The first-order valence-electron chi connectivity index (χ1n) is 6.45. The Bertz CT molecular complexity index is 674. The molecule has 0 unspecified atom stereocenters. The monoisotopic (exact) mass is 314 g/mol. The summed E-state index contributed by atoms with van der Waals surface area (Å²) in [5, 5.41) is 0.124. The maximum Gasteiger partial charge on any atom is 0.332 e. The van der Waals surface area contributed by atoms with Gasteiger partial charge in [-0.3, -0.25) is 9.13 Å². The van der Waals surface area contributed by atoms with Crippen LogP contribution >= 0.6 is 11.6 Å². The van der Waals surface area contributed by atoms with Crippen molar-refractivity contribution < 1.29 is 4.74 Å². The average Bonchev–Trinajstić information content (AvgIpc) is 2.57. The molecule has 0 aliphatic carbocycles. The number of halogens is 1. The summed E-state index contributed by atoms with van der Waals surface area (Å²) in [5.41, 5.74) is 0.975. The van der Waals surface area contributed by atoms with Gasteiger partial charge in [-0.1, -0.05) is 19.6 Å². The van der Waals surface area contributed by atoms with Crippen LogP contribution in [0.15, 0.2) is 11.0 Å². The molecule has 0 atom stereocenters. The predicted octanol–water partition coefficient (Wildman–Crippen LogP) is 2.10. The lowest BCUT2D eigenvalue weighted by molar-refractivity contribution is 0.0869. The number of aryl methyl sites for hydroxylation is 1. The molecule has 0 aliphatic rings. The molecule has 0 spiro atoms. The normalized spacial score (nSPS) is 12.2. The smallest absolute Gasteiger partial charge is 0.332 e. The van der Waals surface area contributed by atoms with E-state index in [0.29, 0.717) is 17.8 Å². The summed E-state index contributed by atoms with van der Waals surface area (Å²) in [6, 6.07) is 1.06. The fourth-order valence-corrected chi connectivity index (χ4v) is 2.69. The number of imidazole rings is 1. The van der Waals surface area contributed by atoms with Gasteiger partial charge in [0.05, 0.1) is 6.20 Å². The second-order valence-corrected chi connectivity index (χ2v) is 11.9. The van der Waals surface area contributed by atoms with Crippen molar-refractivity contribution in [2.24, 2.45) is 7.05 Å². The van der Waals surface area contributed by atoms with Crippen LogP contribution in [0.2, 0.25) is 31.0 Å². The minimum absolute atomic E-state index is 0.124. The molecular weight excluding hydrogens is 296 g/mol. The molecule has 0 aromatic carbocycles. The summed E-state index contributed by atoms with van der Waals surface area (Å²) < 4.78 is 8.59. The van der Waals surface area contributed by atoms with Crippen LogP contribution in [-0.4, -0.2) is 33.8 Å². The molecule has 20 heavy (non-hydrogen) atoms. The molecule has 0 saturated carbocycles. The third kappa shape index (κ3) is 3.28. The Morgan fingerprint density at radius 3 is 2.75 bits per heavy atom. The fourth-order valence-electron chi connectivity index (χ4n) is 1.81. The zero-order valence-electron chi connectivity index (χ0n) is 12.2. The van der Waals surface area contributed by atoms with Gasteiger partial charge in [0.15, 0.2) is 5.65 Å². The van der Waals surface area contributed by atoms with Gasteiger partial charge in [0.2, 0.25) is 5.28 Å². The van der Waals surface area contributed by atoms with Crippen molar-refractivity contribution in [3.63, 3.8) is 0 Å². The zero-order chi connectivity index (χ0) is 14.9. The van der Waals surface area contributed by atoms with Crippen LogP contribution in [0.1, 0.15) is 0 Å². The number of hydrogen-bond donors (Lipinski definition) is 0. The van der Waals surface area contributed by atoms with E-state index in [-0.39, 0.29) is 17.7 Å². The van der Waals surface area contributed by atoms with E-state index in [9.17, 15) is 4.79 Å². The van der Waals surface area contributed by atoms with Crippen LogP contribution in [0.25, 0.3) is 11.2 Å². The lowest BCUT2D eigenvalue weighted by Gasteiger charge is -2.15. The molecule has 8 heteroatoms. The Hall–Kier alpha value is -1.18. The molecule has 0 radical (unpaired) electrons. The molecule has 0 saturated heterocycles. The first-order chi connectivity index (χ1) is 9.29. The lowest BCUT2D eigenvalue weighted by atomic mass is 10.5. The van der Waals surface area contributed by atoms with E-state index < -0.39 is 8.07 Å². The Kier molecular flexibility index (Phi) is 4.31. The highest BCUT2D eigenvalue weighted by molar-refractivity contribution is 6.76. The molecule has 110 valence electrons. The Morgan fingerprint density at radius 1 is 1.40 bits per heavy atom. The topological polar surface area (TPSA) is 61.9 Å². The summed E-state index contributed by atoms with van der Waals surface area (Å²) in [6.45, 7) is 7.69. The van der Waals surface area contributed by atoms with Gasteiger partial charge >= 0.3 is 5.69 Å². The van der Waals surface area contributed by atoms with Gasteiger partial charge in [0.1, 0.15) is 12.2 Å². The van der Waals surface area contributed by atoms with E-state index in [4.69, 9.17) is 16.3 Å². The van der Waals surface area contributed by atoms with E-state index in [1.54, 1.807) is 13.2 Å². The summed E-state index contributed by atoms with van der Waals surface area (Å²) in [7, 11) is 0.550. The maximum absolute atomic E-state index is 12.1. The number of fused-ring (bicyclic) bond motifs is 1. The van der Waals surface area contributed by atoms with Crippen molar-refractivity contribution in [3.8, 4) is 0 Å². The number of nitrogens with zero attached hydrogens (tertiary/aromatic N) is 4. The van der Waals surface area contributed by atoms with Gasteiger partial charge in [-0.2, -0.15) is 4.98 Å². The van der Waals surface area contributed by atoms with Crippen LogP contribution in [0.5, 0.6) is 0 Å². The summed E-state index contributed by atoms with van der Waals surface area (Å²) in [5.74, 6) is 0. The molecule has 2 aromatic heterocycles. The lowest BCUT2D eigenvalue weighted by Crippen LogP contribution is -2.25. The predicted molar refractivity (Wildman–Crippen MR) is 81.9 cm³/mol. The highest BCUT2D eigenvalue weighted by Crippen LogP contribution is 2.12. The fraction of sp³-hybridized carbons (Fsp3) is 0.583. The maximum atomic E-state index is 12.1. The van der Waals surface area contributed by atoms with Gasteiger partial charge in [-0.15, -0.1) is 0 Å². The third-order valence-electron chi connectivity index (χ3n) is 3.07. The molecule has 2 rings (SSSR count). The molecule has 0 N–H and O–H groups in total. The van der Waals surface area contributed by atoms with E-state index in [1.165, 1.54) is 9.13 Å². The van der Waals surface area contributed by atoms with Gasteiger partial charge in [0.25, 0.3) is 0 Å². The number of ether oxygens (including phenoxy) is 1. The van der Waals surface area contributed by atoms with E-state index in [0.717, 1.165) is 6.04 Å². The Morgan fingerprint density at radius 2 is 2.10 bits per heavy atom. The van der Waals surface area contributed by atoms with E-state index >= 15 is 0 Å². The van der Waals surface area contributed by atoms with Gasteiger partial charge in [-0.25, -0.2) is 9.78 Å². The molecule has 0 fully saturated rings. The number of rotatable bonds is 5. The van der Waals surface area contributed by atoms with Crippen molar-refractivity contribution >= 4 is 30.8 Å². The summed E-state index contributed by atoms with van der Waals surface area (Å²) in [6.07, 6.45) is 1.55. The van der Waals surface area contributed by atoms with Crippen LogP contribution in [0.3, 0.4) is 0 Å². The summed E-state index contributed by atoms with van der Waals surface area (Å²) in [4.78, 5) is 20.1. The van der Waals surface area contributed by atoms with Crippen LogP contribution in [0.4, 0.5) is 0 Å². The van der Waals surface area contributed by atoms with Crippen LogP contribution < -0.4 is 5.69 Å². The van der Waals surface area contributed by atoms with Crippen molar-refractivity contribution in [1.82, 2.24) is 19.1 Å². The van der Waals surface area contributed by atoms with Gasteiger partial charge in [0, 0.05) is 21.7 Å². The molecule has 6 nitrogen and oxygen atoms in total. The van der Waals surface area contributed by atoms with Gasteiger partial charge < -0.3 is 4.74 Å². The Labute approximate surface area is 123 Å². The largest absolute Gasteiger partial charge is 0.361 e. The van der Waals surface area contributed by atoms with Crippen LogP contribution in [0, 0.1) is 0 Å². The van der Waals surface area contributed by atoms with E-state index in [1.807, 2.05) is 0 Å². The summed E-state index contributed by atoms with van der Waals surface area (Å²) >= 11 is 5.79. The highest BCUT2D eigenvalue weighted by Gasteiger charge is 2.15. The molecule has 0 aliphatic heterocycles. The third-order valence-corrected chi connectivity index (χ3v) is 4.96. The highest BCUT2D eigenvalue weighted by atomic mass is 35.5. The number of aromatic nitrogens is 4.